The number of pyridine rings is 2. The zero-order valence-corrected chi connectivity index (χ0v) is 18.4. The van der Waals surface area contributed by atoms with Gasteiger partial charge in [-0.25, -0.2) is 4.79 Å². The molecule has 1 saturated heterocycles. The fourth-order valence-corrected chi connectivity index (χ4v) is 4.53. The molecule has 8 heteroatoms. The molecule has 1 aliphatic heterocycles. The summed E-state index contributed by atoms with van der Waals surface area (Å²) in [7, 11) is 0. The number of carbonyl (C=O) groups is 1. The maximum Gasteiger partial charge on any atom is 0.335 e. The van der Waals surface area contributed by atoms with E-state index in [1.165, 1.54) is 0 Å². The molecule has 0 bridgehead atoms. The highest BCUT2D eigenvalue weighted by atomic mass is 32.1. The minimum absolute atomic E-state index is 0.182. The summed E-state index contributed by atoms with van der Waals surface area (Å²) in [4.78, 5) is 22.7. The van der Waals surface area contributed by atoms with E-state index >= 15 is 0 Å². The van der Waals surface area contributed by atoms with E-state index in [-0.39, 0.29) is 17.6 Å². The quantitative estimate of drug-likeness (QED) is 0.423. The summed E-state index contributed by atoms with van der Waals surface area (Å²) < 4.78 is 2.01. The number of hydrogen-bond donors (Lipinski definition) is 2. The van der Waals surface area contributed by atoms with Gasteiger partial charge in [-0.3, -0.25) is 9.97 Å². The summed E-state index contributed by atoms with van der Waals surface area (Å²) in [5, 5.41) is 13.5. The molecular formula is C25H21N5O2S. The Morgan fingerprint density at radius 3 is 2.55 bits per heavy atom. The van der Waals surface area contributed by atoms with Gasteiger partial charge in [0.25, 0.3) is 0 Å². The lowest BCUT2D eigenvalue weighted by molar-refractivity contribution is 0.0697. The van der Waals surface area contributed by atoms with Crippen LogP contribution in [0.1, 0.15) is 39.5 Å². The van der Waals surface area contributed by atoms with Crippen LogP contribution in [0.4, 0.5) is 0 Å². The Morgan fingerprint density at radius 1 is 1.00 bits per heavy atom. The molecule has 1 aromatic carbocycles. The lowest BCUT2D eigenvalue weighted by Crippen LogP contribution is -2.30. The van der Waals surface area contributed by atoms with E-state index in [1.54, 1.807) is 30.6 Å². The largest absolute Gasteiger partial charge is 0.478 e. The molecule has 7 nitrogen and oxygen atoms in total. The van der Waals surface area contributed by atoms with Crippen molar-refractivity contribution in [3.63, 3.8) is 0 Å². The molecular weight excluding hydrogens is 434 g/mol. The van der Waals surface area contributed by atoms with E-state index in [9.17, 15) is 9.90 Å². The van der Waals surface area contributed by atoms with E-state index in [0.29, 0.717) is 11.7 Å². The van der Waals surface area contributed by atoms with Crippen molar-refractivity contribution in [2.75, 3.05) is 0 Å². The minimum Gasteiger partial charge on any atom is -0.478 e. The second kappa shape index (κ2) is 8.84. The molecule has 33 heavy (non-hydrogen) atoms. The maximum atomic E-state index is 11.5. The number of carboxylic acids is 1. The van der Waals surface area contributed by atoms with E-state index in [1.807, 2.05) is 65.4 Å². The number of nitrogens with one attached hydrogen (secondary N) is 1. The predicted octanol–water partition coefficient (Wildman–Crippen LogP) is 4.14. The normalized spacial score (nSPS) is 17.7. The third-order valence-electron chi connectivity index (χ3n) is 5.71. The topological polar surface area (TPSA) is 83.3 Å². The minimum atomic E-state index is -0.961. The van der Waals surface area contributed by atoms with Gasteiger partial charge in [-0.2, -0.15) is 0 Å². The zero-order chi connectivity index (χ0) is 22.8. The van der Waals surface area contributed by atoms with Gasteiger partial charge in [-0.05, 0) is 66.8 Å². The van der Waals surface area contributed by atoms with Crippen LogP contribution in [0.5, 0.6) is 0 Å². The SMILES string of the molecule is O=C(O)c1cccc(-n2cccc2[C@H]2[C@H](c3ccccn3)NC(=S)N2Cc2ccccn2)c1. The molecule has 2 N–H and O–H groups in total. The monoisotopic (exact) mass is 455 g/mol. The Kier molecular flexibility index (Phi) is 5.58. The number of nitrogens with zero attached hydrogens (tertiary/aromatic N) is 4. The van der Waals surface area contributed by atoms with Gasteiger partial charge in [0.15, 0.2) is 5.11 Å². The summed E-state index contributed by atoms with van der Waals surface area (Å²) in [6.07, 6.45) is 5.48. The summed E-state index contributed by atoms with van der Waals surface area (Å²) in [5.74, 6) is -0.961. The van der Waals surface area contributed by atoms with Crippen LogP contribution in [0.15, 0.2) is 91.4 Å². The van der Waals surface area contributed by atoms with Gasteiger partial charge in [-0.1, -0.05) is 18.2 Å². The molecule has 0 spiro atoms. The second-order valence-corrected chi connectivity index (χ2v) is 8.12. The first-order chi connectivity index (χ1) is 16.1. The van der Waals surface area contributed by atoms with Crippen molar-refractivity contribution in [2.45, 2.75) is 18.6 Å². The van der Waals surface area contributed by atoms with E-state index in [0.717, 1.165) is 22.8 Å². The van der Waals surface area contributed by atoms with Crippen LogP contribution in [0.3, 0.4) is 0 Å². The molecule has 1 aliphatic rings. The number of aromatic carboxylic acids is 1. The second-order valence-electron chi connectivity index (χ2n) is 7.73. The first-order valence-corrected chi connectivity index (χ1v) is 10.9. The Morgan fingerprint density at radius 2 is 1.82 bits per heavy atom. The predicted molar refractivity (Wildman–Crippen MR) is 128 cm³/mol. The van der Waals surface area contributed by atoms with Crippen LogP contribution in [0, 0.1) is 0 Å². The number of carboxylic acid groups (broad SMARTS) is 1. The summed E-state index contributed by atoms with van der Waals surface area (Å²) >= 11 is 5.75. The molecule has 0 saturated carbocycles. The van der Waals surface area contributed by atoms with Crippen LogP contribution < -0.4 is 5.32 Å². The smallest absolute Gasteiger partial charge is 0.335 e. The van der Waals surface area contributed by atoms with Crippen molar-refractivity contribution in [1.29, 1.82) is 0 Å². The fraction of sp³-hybridized carbons (Fsp3) is 0.120. The first kappa shape index (κ1) is 20.8. The van der Waals surface area contributed by atoms with E-state index in [4.69, 9.17) is 12.2 Å². The molecule has 1 fully saturated rings. The van der Waals surface area contributed by atoms with Gasteiger partial charge in [0, 0.05) is 30.0 Å². The van der Waals surface area contributed by atoms with Crippen LogP contribution in [0.25, 0.3) is 5.69 Å². The Hall–Kier alpha value is -4.04. The Labute approximate surface area is 196 Å². The molecule has 4 aromatic rings. The molecule has 0 amide bonds. The highest BCUT2D eigenvalue weighted by molar-refractivity contribution is 7.80. The molecule has 0 unspecified atom stereocenters. The van der Waals surface area contributed by atoms with Crippen molar-refractivity contribution >= 4 is 23.3 Å². The highest BCUT2D eigenvalue weighted by Gasteiger charge is 2.41. The lowest BCUT2D eigenvalue weighted by atomic mass is 10.0. The molecule has 4 heterocycles. The summed E-state index contributed by atoms with van der Waals surface area (Å²) in [6, 6.07) is 22.2. The van der Waals surface area contributed by atoms with Gasteiger partial charge < -0.3 is 19.9 Å². The van der Waals surface area contributed by atoms with Crippen molar-refractivity contribution < 1.29 is 9.90 Å². The molecule has 3 aromatic heterocycles. The third-order valence-corrected chi connectivity index (χ3v) is 6.06. The first-order valence-electron chi connectivity index (χ1n) is 10.5. The Bertz CT molecular complexity index is 1290. The summed E-state index contributed by atoms with van der Waals surface area (Å²) in [5.41, 5.74) is 3.75. The number of benzene rings is 1. The van der Waals surface area contributed by atoms with Crippen molar-refractivity contribution in [2.24, 2.45) is 0 Å². The van der Waals surface area contributed by atoms with Gasteiger partial charge in [0.2, 0.25) is 0 Å². The van der Waals surface area contributed by atoms with Crippen LogP contribution >= 0.6 is 12.2 Å². The number of rotatable bonds is 6. The van der Waals surface area contributed by atoms with Gasteiger partial charge in [-0.15, -0.1) is 0 Å². The number of thiocarbonyl (C=S) groups is 1. The van der Waals surface area contributed by atoms with Gasteiger partial charge >= 0.3 is 5.97 Å². The molecule has 0 aliphatic carbocycles. The molecule has 2 atom stereocenters. The van der Waals surface area contributed by atoms with Crippen LogP contribution in [-0.2, 0) is 6.54 Å². The standard InChI is InChI=1S/C25H21N5O2S/c31-24(32)17-7-5-9-19(15-17)29-14-6-11-21(29)23-22(20-10-2-4-13-27-20)28-25(33)30(23)16-18-8-1-3-12-26-18/h1-15,22-23H,16H2,(H,28,33)(H,31,32)/t22-,23-/m0/s1. The number of hydrogen-bond acceptors (Lipinski definition) is 4. The van der Waals surface area contributed by atoms with Crippen molar-refractivity contribution in [1.82, 2.24) is 24.8 Å². The molecule has 0 radical (unpaired) electrons. The van der Waals surface area contributed by atoms with E-state index in [2.05, 4.69) is 20.2 Å². The Balaban J connectivity index is 1.61. The average Bonchev–Trinajstić information content (AvgIpc) is 3.45. The van der Waals surface area contributed by atoms with Gasteiger partial charge in [0.05, 0.1) is 35.6 Å². The van der Waals surface area contributed by atoms with Crippen LogP contribution in [-0.4, -0.2) is 35.6 Å². The van der Waals surface area contributed by atoms with Crippen molar-refractivity contribution in [3.05, 3.63) is 114 Å². The fourth-order valence-electron chi connectivity index (χ4n) is 4.22. The molecule has 164 valence electrons. The van der Waals surface area contributed by atoms with E-state index < -0.39 is 5.97 Å². The average molecular weight is 456 g/mol. The highest BCUT2D eigenvalue weighted by Crippen LogP contribution is 2.40. The van der Waals surface area contributed by atoms with Crippen LogP contribution in [0.2, 0.25) is 0 Å². The lowest BCUT2D eigenvalue weighted by Gasteiger charge is -2.28. The summed E-state index contributed by atoms with van der Waals surface area (Å²) in [6.45, 7) is 0.529. The third kappa shape index (κ3) is 4.08. The maximum absolute atomic E-state index is 11.5. The van der Waals surface area contributed by atoms with Crippen molar-refractivity contribution in [3.8, 4) is 5.69 Å². The molecule has 5 rings (SSSR count). The number of aromatic nitrogens is 3. The zero-order valence-electron chi connectivity index (χ0n) is 17.6. The van der Waals surface area contributed by atoms with Gasteiger partial charge in [0.1, 0.15) is 0 Å².